The van der Waals surface area contributed by atoms with Gasteiger partial charge < -0.3 is 4.90 Å². The quantitative estimate of drug-likeness (QED) is 0.648. The van der Waals surface area contributed by atoms with E-state index < -0.39 is 0 Å². The Morgan fingerprint density at radius 1 is 1.27 bits per heavy atom. The maximum Gasteiger partial charge on any atom is 0.157 e. The van der Waals surface area contributed by atoms with E-state index in [1.54, 1.807) is 0 Å². The van der Waals surface area contributed by atoms with Crippen molar-refractivity contribution in [3.8, 4) is 0 Å². The van der Waals surface area contributed by atoms with Crippen molar-refractivity contribution in [1.82, 2.24) is 9.80 Å². The van der Waals surface area contributed by atoms with Gasteiger partial charge in [-0.1, -0.05) is 0 Å². The molecule has 0 unspecified atom stereocenters. The van der Waals surface area contributed by atoms with E-state index in [0.29, 0.717) is 12.2 Å². The van der Waals surface area contributed by atoms with Crippen LogP contribution in [0.2, 0.25) is 0 Å². The number of carbonyl (C=O) groups excluding carboxylic acids is 1. The van der Waals surface area contributed by atoms with Crippen LogP contribution < -0.4 is 0 Å². The molecule has 0 aromatic rings. The number of hydrogen-bond donors (Lipinski definition) is 0. The van der Waals surface area contributed by atoms with Crippen molar-refractivity contribution >= 4 is 5.78 Å². The molecule has 3 nitrogen and oxygen atoms in total. The second kappa shape index (κ2) is 3.63. The van der Waals surface area contributed by atoms with Crippen LogP contribution in [0, 0.1) is 0 Å². The summed E-state index contributed by atoms with van der Waals surface area (Å²) in [7, 11) is 2.17. The van der Waals surface area contributed by atoms with Crippen molar-refractivity contribution in [3.63, 3.8) is 0 Å². The van der Waals surface area contributed by atoms with Crippen LogP contribution in [-0.4, -0.2) is 47.8 Å². The van der Waals surface area contributed by atoms with Crippen LogP contribution in [0.4, 0.5) is 0 Å². The highest BCUT2D eigenvalue weighted by Crippen LogP contribution is 2.26. The highest BCUT2D eigenvalue weighted by Gasteiger charge is 2.32. The third-order valence-corrected chi connectivity index (χ3v) is 3.68. The number of carbonyl (C=O) groups is 1. The van der Waals surface area contributed by atoms with Crippen LogP contribution in [-0.2, 0) is 4.79 Å². The summed E-state index contributed by atoms with van der Waals surface area (Å²) in [6.45, 7) is 7.69. The fourth-order valence-electron chi connectivity index (χ4n) is 2.32. The summed E-state index contributed by atoms with van der Waals surface area (Å²) in [5.41, 5.74) is 1.46. The van der Waals surface area contributed by atoms with Crippen molar-refractivity contribution in [2.75, 3.05) is 26.7 Å². The maximum atomic E-state index is 11.2. The highest BCUT2D eigenvalue weighted by atomic mass is 16.1. The summed E-state index contributed by atoms with van der Waals surface area (Å²) >= 11 is 0. The fraction of sp³-hybridized carbons (Fsp3) is 0.750. The monoisotopic (exact) mass is 208 g/mol. The first kappa shape index (κ1) is 10.7. The van der Waals surface area contributed by atoms with Gasteiger partial charge >= 0.3 is 0 Å². The van der Waals surface area contributed by atoms with Crippen LogP contribution >= 0.6 is 0 Å². The molecule has 0 aromatic heterocycles. The Morgan fingerprint density at radius 3 is 2.53 bits per heavy atom. The van der Waals surface area contributed by atoms with Crippen molar-refractivity contribution in [1.29, 1.82) is 0 Å². The Bertz CT molecular complexity index is 307. The molecule has 0 radical (unpaired) electrons. The van der Waals surface area contributed by atoms with Crippen LogP contribution in [0.15, 0.2) is 11.8 Å². The van der Waals surface area contributed by atoms with Crippen LogP contribution in [0.25, 0.3) is 0 Å². The van der Waals surface area contributed by atoms with Gasteiger partial charge in [-0.3, -0.25) is 9.69 Å². The number of ketones is 1. The number of likely N-dealkylation sites (N-methyl/N-ethyl adjacent to an activating group) is 1. The second-order valence-corrected chi connectivity index (χ2v) is 5.26. The molecule has 84 valence electrons. The molecule has 0 saturated carbocycles. The summed E-state index contributed by atoms with van der Waals surface area (Å²) in [5, 5.41) is 0. The maximum absolute atomic E-state index is 11.2. The number of piperazine rings is 1. The van der Waals surface area contributed by atoms with E-state index in [1.165, 1.54) is 5.70 Å². The lowest BCUT2D eigenvalue weighted by atomic mass is 9.99. The number of allylic oxidation sites excluding steroid dienone is 2. The smallest absolute Gasteiger partial charge is 0.157 e. The van der Waals surface area contributed by atoms with E-state index in [1.807, 2.05) is 6.08 Å². The van der Waals surface area contributed by atoms with E-state index in [0.717, 1.165) is 26.1 Å². The zero-order valence-corrected chi connectivity index (χ0v) is 9.92. The van der Waals surface area contributed by atoms with Crippen molar-refractivity contribution in [2.45, 2.75) is 32.2 Å². The van der Waals surface area contributed by atoms with Gasteiger partial charge in [-0.25, -0.2) is 0 Å². The fourth-order valence-corrected chi connectivity index (χ4v) is 2.32. The van der Waals surface area contributed by atoms with Gasteiger partial charge in [-0.05, 0) is 27.3 Å². The molecule has 0 atom stereocenters. The molecule has 1 aliphatic heterocycles. The topological polar surface area (TPSA) is 23.6 Å². The van der Waals surface area contributed by atoms with Gasteiger partial charge in [0.25, 0.3) is 0 Å². The molecule has 1 aliphatic carbocycles. The van der Waals surface area contributed by atoms with Gasteiger partial charge in [0.1, 0.15) is 0 Å². The molecular weight excluding hydrogens is 188 g/mol. The molecule has 3 heteroatoms. The first-order chi connectivity index (χ1) is 6.99. The molecule has 0 N–H and O–H groups in total. The zero-order chi connectivity index (χ0) is 11.1. The van der Waals surface area contributed by atoms with Gasteiger partial charge in [0.05, 0.1) is 0 Å². The second-order valence-electron chi connectivity index (χ2n) is 5.26. The molecule has 0 bridgehead atoms. The summed E-state index contributed by atoms with van der Waals surface area (Å²) < 4.78 is 0. The SMILES string of the molecule is CN1CCN(C2=CC(=O)CC2)CC1(C)C. The minimum atomic E-state index is 0.213. The normalized spacial score (nSPS) is 27.0. The Hall–Kier alpha value is -0.830. The predicted octanol–water partition coefficient (Wildman–Crippen LogP) is 1.26. The molecule has 0 spiro atoms. The average molecular weight is 208 g/mol. The van der Waals surface area contributed by atoms with Gasteiger partial charge in [-0.15, -0.1) is 0 Å². The molecule has 0 aromatic carbocycles. The molecule has 15 heavy (non-hydrogen) atoms. The summed E-state index contributed by atoms with van der Waals surface area (Å²) in [5.74, 6) is 0.293. The largest absolute Gasteiger partial charge is 0.372 e. The van der Waals surface area contributed by atoms with Gasteiger partial charge in [0.15, 0.2) is 5.78 Å². The lowest BCUT2D eigenvalue weighted by Gasteiger charge is -2.46. The van der Waals surface area contributed by atoms with Crippen LogP contribution in [0.1, 0.15) is 26.7 Å². The third-order valence-electron chi connectivity index (χ3n) is 3.68. The van der Waals surface area contributed by atoms with Crippen LogP contribution in [0.3, 0.4) is 0 Å². The molecule has 0 amide bonds. The Kier molecular flexibility index (Phi) is 2.59. The third kappa shape index (κ3) is 2.07. The van der Waals surface area contributed by atoms with Gasteiger partial charge in [-0.2, -0.15) is 0 Å². The number of hydrogen-bond acceptors (Lipinski definition) is 3. The van der Waals surface area contributed by atoms with Crippen molar-refractivity contribution in [3.05, 3.63) is 11.8 Å². The minimum absolute atomic E-state index is 0.213. The highest BCUT2D eigenvalue weighted by molar-refractivity contribution is 5.92. The molecule has 2 rings (SSSR count). The summed E-state index contributed by atoms with van der Waals surface area (Å²) in [4.78, 5) is 16.0. The standard InChI is InChI=1S/C12H20N2O/c1-12(2)9-14(7-6-13(12)3)10-4-5-11(15)8-10/h8H,4-7,9H2,1-3H3. The summed E-state index contributed by atoms with van der Waals surface area (Å²) in [6.07, 6.45) is 3.49. The lowest BCUT2D eigenvalue weighted by molar-refractivity contribution is -0.114. The zero-order valence-electron chi connectivity index (χ0n) is 9.92. The van der Waals surface area contributed by atoms with Crippen molar-refractivity contribution in [2.24, 2.45) is 0 Å². The first-order valence-electron chi connectivity index (χ1n) is 5.69. The molecule has 2 aliphatic rings. The molecule has 1 saturated heterocycles. The van der Waals surface area contributed by atoms with Gasteiger partial charge in [0, 0.05) is 43.4 Å². The Morgan fingerprint density at radius 2 is 2.00 bits per heavy atom. The Labute approximate surface area is 91.7 Å². The van der Waals surface area contributed by atoms with Gasteiger partial charge in [0.2, 0.25) is 0 Å². The summed E-state index contributed by atoms with van der Waals surface area (Å²) in [6, 6.07) is 0. The number of rotatable bonds is 1. The van der Waals surface area contributed by atoms with E-state index in [-0.39, 0.29) is 5.54 Å². The molecule has 1 heterocycles. The lowest BCUT2D eigenvalue weighted by Crippen LogP contribution is -2.57. The Balaban J connectivity index is 2.07. The predicted molar refractivity (Wildman–Crippen MR) is 60.6 cm³/mol. The first-order valence-corrected chi connectivity index (χ1v) is 5.69. The van der Waals surface area contributed by atoms with E-state index >= 15 is 0 Å². The minimum Gasteiger partial charge on any atom is -0.372 e. The number of nitrogens with zero attached hydrogens (tertiary/aromatic N) is 2. The van der Waals surface area contributed by atoms with Crippen molar-refractivity contribution < 1.29 is 4.79 Å². The average Bonchev–Trinajstić information content (AvgIpc) is 2.57. The molecule has 1 fully saturated rings. The molecular formula is C12H20N2O. The van der Waals surface area contributed by atoms with E-state index in [9.17, 15) is 4.79 Å². The van der Waals surface area contributed by atoms with E-state index in [4.69, 9.17) is 0 Å². The van der Waals surface area contributed by atoms with E-state index in [2.05, 4.69) is 30.7 Å². The van der Waals surface area contributed by atoms with Crippen LogP contribution in [0.5, 0.6) is 0 Å².